The number of para-hydroxylation sites is 1. The summed E-state index contributed by atoms with van der Waals surface area (Å²) in [5.74, 6) is 1.01. The van der Waals surface area contributed by atoms with E-state index in [1.165, 1.54) is 0 Å². The number of anilines is 1. The molecule has 3 aromatic carbocycles. The zero-order chi connectivity index (χ0) is 20.6. The van der Waals surface area contributed by atoms with E-state index in [1.807, 2.05) is 67.6 Å². The second-order valence-corrected chi connectivity index (χ2v) is 9.41. The van der Waals surface area contributed by atoms with Gasteiger partial charge in [0.2, 0.25) is 0 Å². The first kappa shape index (κ1) is 19.5. The summed E-state index contributed by atoms with van der Waals surface area (Å²) in [6, 6.07) is 22.3. The summed E-state index contributed by atoms with van der Waals surface area (Å²) in [6.07, 6.45) is 0.717. The van der Waals surface area contributed by atoms with Gasteiger partial charge in [-0.2, -0.15) is 0 Å². The lowest BCUT2D eigenvalue weighted by Crippen LogP contribution is -2.39. The van der Waals surface area contributed by atoms with Crippen LogP contribution in [0.5, 0.6) is 5.75 Å². The van der Waals surface area contributed by atoms with Gasteiger partial charge in [-0.25, -0.2) is 8.42 Å². The van der Waals surface area contributed by atoms with Crippen LogP contribution in [-0.2, 0) is 10.0 Å². The summed E-state index contributed by atoms with van der Waals surface area (Å²) in [4.78, 5) is 0.311. The number of ether oxygens (including phenoxy) is 1. The number of methoxy groups -OCH3 is 1. The van der Waals surface area contributed by atoms with Crippen LogP contribution in [0.3, 0.4) is 0 Å². The minimum Gasteiger partial charge on any atom is -0.497 e. The van der Waals surface area contributed by atoms with E-state index < -0.39 is 10.0 Å². The lowest BCUT2D eigenvalue weighted by atomic mass is 9.85. The molecule has 29 heavy (non-hydrogen) atoms. The summed E-state index contributed by atoms with van der Waals surface area (Å²) in [5, 5.41) is 0. The number of sulfonamides is 1. The van der Waals surface area contributed by atoms with Crippen molar-refractivity contribution in [3.8, 4) is 5.75 Å². The van der Waals surface area contributed by atoms with Gasteiger partial charge >= 0.3 is 0 Å². The van der Waals surface area contributed by atoms with Gasteiger partial charge in [0.05, 0.1) is 23.7 Å². The molecule has 3 aromatic rings. The Morgan fingerprint density at radius 1 is 0.931 bits per heavy atom. The molecule has 2 atom stereocenters. The molecule has 4 rings (SSSR count). The van der Waals surface area contributed by atoms with Crippen LogP contribution in [0.4, 0.5) is 5.69 Å². The normalized spacial score (nSPS) is 18.9. The molecule has 1 heterocycles. The Morgan fingerprint density at radius 2 is 1.59 bits per heavy atom. The van der Waals surface area contributed by atoms with Gasteiger partial charge in [0, 0.05) is 0 Å². The largest absolute Gasteiger partial charge is 0.497 e. The minimum absolute atomic E-state index is 0.253. The van der Waals surface area contributed by atoms with Gasteiger partial charge in [-0.15, -0.1) is 0 Å². The zero-order valence-corrected chi connectivity index (χ0v) is 17.7. The Labute approximate surface area is 172 Å². The maximum atomic E-state index is 13.8. The van der Waals surface area contributed by atoms with E-state index in [0.29, 0.717) is 11.3 Å². The third-order valence-electron chi connectivity index (χ3n) is 5.64. The van der Waals surface area contributed by atoms with Crippen molar-refractivity contribution in [2.24, 2.45) is 0 Å². The molecule has 0 aromatic heterocycles. The molecule has 0 fully saturated rings. The quantitative estimate of drug-likeness (QED) is 0.578. The van der Waals surface area contributed by atoms with E-state index in [-0.39, 0.29) is 12.0 Å². The SMILES string of the molecule is COc1ccc([C@H]2C[C@@H](C)c3ccccc3N2S(=O)(=O)c2ccc(C)cc2)cc1. The van der Waals surface area contributed by atoms with Crippen LogP contribution in [0.1, 0.15) is 42.0 Å². The molecule has 5 heteroatoms. The van der Waals surface area contributed by atoms with E-state index in [9.17, 15) is 8.42 Å². The van der Waals surface area contributed by atoms with Crippen LogP contribution in [0.15, 0.2) is 77.7 Å². The lowest BCUT2D eigenvalue weighted by molar-refractivity contribution is 0.414. The Balaban J connectivity index is 1.88. The van der Waals surface area contributed by atoms with Gasteiger partial charge in [0.15, 0.2) is 0 Å². The molecule has 150 valence electrons. The molecule has 0 N–H and O–H groups in total. The molecule has 0 spiro atoms. The second-order valence-electron chi connectivity index (χ2n) is 7.60. The van der Waals surface area contributed by atoms with Crippen molar-refractivity contribution in [1.82, 2.24) is 0 Å². The van der Waals surface area contributed by atoms with Crippen molar-refractivity contribution in [2.75, 3.05) is 11.4 Å². The van der Waals surface area contributed by atoms with Crippen molar-refractivity contribution < 1.29 is 13.2 Å². The topological polar surface area (TPSA) is 46.6 Å². The number of hydrogen-bond donors (Lipinski definition) is 0. The van der Waals surface area contributed by atoms with Gasteiger partial charge in [0.25, 0.3) is 10.0 Å². The lowest BCUT2D eigenvalue weighted by Gasteiger charge is -2.40. The predicted molar refractivity (Wildman–Crippen MR) is 116 cm³/mol. The van der Waals surface area contributed by atoms with Crippen LogP contribution >= 0.6 is 0 Å². The molecular formula is C24H25NO3S. The fraction of sp³-hybridized carbons (Fsp3) is 0.250. The van der Waals surface area contributed by atoms with Gasteiger partial charge in [-0.3, -0.25) is 4.31 Å². The van der Waals surface area contributed by atoms with Crippen molar-refractivity contribution in [3.63, 3.8) is 0 Å². The summed E-state index contributed by atoms with van der Waals surface area (Å²) < 4.78 is 34.4. The van der Waals surface area contributed by atoms with E-state index in [4.69, 9.17) is 4.74 Å². The van der Waals surface area contributed by atoms with Gasteiger partial charge < -0.3 is 4.74 Å². The first-order valence-corrected chi connectivity index (χ1v) is 11.2. The second kappa shape index (κ2) is 7.56. The zero-order valence-electron chi connectivity index (χ0n) is 16.9. The number of benzene rings is 3. The molecule has 0 aliphatic carbocycles. The van der Waals surface area contributed by atoms with Crippen LogP contribution < -0.4 is 9.04 Å². The number of nitrogens with zero attached hydrogens (tertiary/aromatic N) is 1. The monoisotopic (exact) mass is 407 g/mol. The maximum Gasteiger partial charge on any atom is 0.264 e. The third-order valence-corrected chi connectivity index (χ3v) is 7.48. The molecule has 0 unspecified atom stereocenters. The fourth-order valence-electron chi connectivity index (χ4n) is 4.05. The van der Waals surface area contributed by atoms with Crippen LogP contribution in [0.25, 0.3) is 0 Å². The Bertz CT molecular complexity index is 1110. The summed E-state index contributed by atoms with van der Waals surface area (Å²) in [7, 11) is -2.10. The number of hydrogen-bond acceptors (Lipinski definition) is 3. The van der Waals surface area contributed by atoms with Gasteiger partial charge in [0.1, 0.15) is 5.75 Å². The Kier molecular flexibility index (Phi) is 5.09. The van der Waals surface area contributed by atoms with Crippen LogP contribution in [-0.4, -0.2) is 15.5 Å². The first-order valence-electron chi connectivity index (χ1n) is 9.76. The van der Waals surface area contributed by atoms with Crippen molar-refractivity contribution in [3.05, 3.63) is 89.5 Å². The summed E-state index contributed by atoms with van der Waals surface area (Å²) in [5.41, 5.74) is 3.81. The molecule has 0 amide bonds. The van der Waals surface area contributed by atoms with Crippen molar-refractivity contribution in [1.29, 1.82) is 0 Å². The number of fused-ring (bicyclic) bond motifs is 1. The predicted octanol–water partition coefficient (Wildman–Crippen LogP) is 5.45. The minimum atomic E-state index is -3.73. The highest BCUT2D eigenvalue weighted by Gasteiger charge is 2.39. The standard InChI is InChI=1S/C24H25NO3S/c1-17-8-14-21(15-9-17)29(26,27)25-23-7-5-4-6-22(23)18(2)16-24(25)19-10-12-20(28-3)13-11-19/h4-15,18,24H,16H2,1-3H3/t18-,24-/m1/s1. The molecule has 1 aliphatic heterocycles. The van der Waals surface area contributed by atoms with Crippen molar-refractivity contribution in [2.45, 2.75) is 37.1 Å². The summed E-state index contributed by atoms with van der Waals surface area (Å²) in [6.45, 7) is 4.11. The maximum absolute atomic E-state index is 13.8. The smallest absolute Gasteiger partial charge is 0.264 e. The molecular weight excluding hydrogens is 382 g/mol. The number of aryl methyl sites for hydroxylation is 1. The Hall–Kier alpha value is -2.79. The van der Waals surface area contributed by atoms with E-state index in [2.05, 4.69) is 6.92 Å². The van der Waals surface area contributed by atoms with Gasteiger partial charge in [-0.1, -0.05) is 55.0 Å². The average Bonchev–Trinajstić information content (AvgIpc) is 2.74. The van der Waals surface area contributed by atoms with Crippen LogP contribution in [0, 0.1) is 6.92 Å². The highest BCUT2D eigenvalue weighted by Crippen LogP contribution is 2.47. The Morgan fingerprint density at radius 3 is 2.24 bits per heavy atom. The van der Waals surface area contributed by atoms with E-state index in [1.54, 1.807) is 23.5 Å². The van der Waals surface area contributed by atoms with E-state index >= 15 is 0 Å². The molecule has 0 bridgehead atoms. The van der Waals surface area contributed by atoms with Crippen molar-refractivity contribution >= 4 is 15.7 Å². The van der Waals surface area contributed by atoms with Crippen LogP contribution in [0.2, 0.25) is 0 Å². The third kappa shape index (κ3) is 3.51. The molecule has 4 nitrogen and oxygen atoms in total. The highest BCUT2D eigenvalue weighted by molar-refractivity contribution is 7.92. The average molecular weight is 408 g/mol. The molecule has 0 radical (unpaired) electrons. The molecule has 0 saturated carbocycles. The molecule has 1 aliphatic rings. The first-order chi connectivity index (χ1) is 13.9. The molecule has 0 saturated heterocycles. The summed E-state index contributed by atoms with van der Waals surface area (Å²) >= 11 is 0. The van der Waals surface area contributed by atoms with Gasteiger partial charge in [-0.05, 0) is 60.7 Å². The fourth-order valence-corrected chi connectivity index (χ4v) is 5.72. The highest BCUT2D eigenvalue weighted by atomic mass is 32.2. The van der Waals surface area contributed by atoms with E-state index in [0.717, 1.165) is 28.1 Å². The number of rotatable bonds is 4.